The van der Waals surface area contributed by atoms with Crippen LogP contribution in [-0.4, -0.2) is 32.1 Å². The second kappa shape index (κ2) is 6.31. The van der Waals surface area contributed by atoms with E-state index in [0.717, 1.165) is 42.9 Å². The van der Waals surface area contributed by atoms with E-state index in [0.29, 0.717) is 6.04 Å². The molecule has 2 aromatic heterocycles. The Bertz CT molecular complexity index is 782. The Labute approximate surface area is 156 Å². The third-order valence-corrected chi connectivity index (χ3v) is 5.38. The van der Waals surface area contributed by atoms with Crippen LogP contribution in [0.5, 0.6) is 0 Å². The number of aromatic nitrogens is 3. The SMILES string of the molecule is CC1(C)CC(Nc2nc(-c3cccnc3)nc3c2CCC3)CC(C)(C)N1. The molecule has 138 valence electrons. The summed E-state index contributed by atoms with van der Waals surface area (Å²) in [5.74, 6) is 1.82. The van der Waals surface area contributed by atoms with Crippen molar-refractivity contribution in [2.75, 3.05) is 5.32 Å². The van der Waals surface area contributed by atoms with Gasteiger partial charge in [-0.15, -0.1) is 0 Å². The van der Waals surface area contributed by atoms with E-state index in [-0.39, 0.29) is 11.1 Å². The molecule has 0 aromatic carbocycles. The summed E-state index contributed by atoms with van der Waals surface area (Å²) in [5, 5.41) is 7.55. The standard InChI is InChI=1S/C21H29N5/c1-20(2)11-15(12-21(3,4)26-20)23-19-16-8-5-9-17(16)24-18(25-19)14-7-6-10-22-13-14/h6-7,10,13,15,26H,5,8-9,11-12H2,1-4H3,(H,23,24,25). The van der Waals surface area contributed by atoms with Gasteiger partial charge in [0.25, 0.3) is 0 Å². The van der Waals surface area contributed by atoms with Crippen molar-refractivity contribution < 1.29 is 0 Å². The lowest BCUT2D eigenvalue weighted by atomic mass is 9.79. The van der Waals surface area contributed by atoms with Crippen LogP contribution >= 0.6 is 0 Å². The number of rotatable bonds is 3. The Balaban J connectivity index is 1.67. The van der Waals surface area contributed by atoms with Crippen LogP contribution in [0.3, 0.4) is 0 Å². The Hall–Kier alpha value is -2.01. The number of aryl methyl sites for hydroxylation is 1. The maximum absolute atomic E-state index is 4.92. The second-order valence-corrected chi connectivity index (χ2v) is 9.06. The highest BCUT2D eigenvalue weighted by Gasteiger charge is 2.38. The minimum absolute atomic E-state index is 0.113. The Kier molecular flexibility index (Phi) is 4.22. The first-order chi connectivity index (χ1) is 12.3. The van der Waals surface area contributed by atoms with Crippen molar-refractivity contribution in [1.82, 2.24) is 20.3 Å². The van der Waals surface area contributed by atoms with Crippen LogP contribution in [0.1, 0.15) is 58.2 Å². The number of pyridine rings is 1. The van der Waals surface area contributed by atoms with Crippen molar-refractivity contribution in [3.05, 3.63) is 35.8 Å². The van der Waals surface area contributed by atoms with Crippen molar-refractivity contribution in [1.29, 1.82) is 0 Å². The van der Waals surface area contributed by atoms with Crippen LogP contribution in [-0.2, 0) is 12.8 Å². The zero-order chi connectivity index (χ0) is 18.4. The summed E-state index contributed by atoms with van der Waals surface area (Å²) in [6.45, 7) is 9.14. The van der Waals surface area contributed by atoms with Crippen LogP contribution in [0, 0.1) is 0 Å². The third kappa shape index (κ3) is 3.58. The number of nitrogens with zero attached hydrogens (tertiary/aromatic N) is 3. The van der Waals surface area contributed by atoms with Crippen LogP contribution in [0.2, 0.25) is 0 Å². The van der Waals surface area contributed by atoms with E-state index >= 15 is 0 Å². The van der Waals surface area contributed by atoms with Crippen molar-refractivity contribution in [2.45, 2.75) is 76.9 Å². The molecule has 0 bridgehead atoms. The third-order valence-electron chi connectivity index (χ3n) is 5.38. The van der Waals surface area contributed by atoms with Gasteiger partial charge in [-0.1, -0.05) is 0 Å². The normalized spacial score (nSPS) is 21.4. The first-order valence-electron chi connectivity index (χ1n) is 9.67. The van der Waals surface area contributed by atoms with Gasteiger partial charge in [0.2, 0.25) is 0 Å². The summed E-state index contributed by atoms with van der Waals surface area (Å²) in [7, 11) is 0. The number of nitrogens with one attached hydrogen (secondary N) is 2. The van der Waals surface area contributed by atoms with Crippen LogP contribution in [0.15, 0.2) is 24.5 Å². The van der Waals surface area contributed by atoms with E-state index in [1.54, 1.807) is 6.20 Å². The summed E-state index contributed by atoms with van der Waals surface area (Å²) in [4.78, 5) is 14.0. The average Bonchev–Trinajstić information content (AvgIpc) is 3.01. The van der Waals surface area contributed by atoms with Gasteiger partial charge in [-0.2, -0.15) is 0 Å². The fourth-order valence-electron chi connectivity index (χ4n) is 4.79. The average molecular weight is 351 g/mol. The maximum atomic E-state index is 4.92. The molecule has 0 spiro atoms. The smallest absolute Gasteiger partial charge is 0.163 e. The number of anilines is 1. The minimum Gasteiger partial charge on any atom is -0.367 e. The van der Waals surface area contributed by atoms with Gasteiger partial charge in [0.15, 0.2) is 5.82 Å². The molecule has 0 atom stereocenters. The predicted molar refractivity (Wildman–Crippen MR) is 105 cm³/mol. The van der Waals surface area contributed by atoms with Gasteiger partial charge in [-0.3, -0.25) is 4.98 Å². The molecule has 2 aliphatic rings. The fourth-order valence-corrected chi connectivity index (χ4v) is 4.79. The summed E-state index contributed by atoms with van der Waals surface area (Å²) in [5.41, 5.74) is 3.72. The molecule has 1 aliphatic heterocycles. The van der Waals surface area contributed by atoms with Gasteiger partial charge in [-0.05, 0) is 71.9 Å². The highest BCUT2D eigenvalue weighted by Crippen LogP contribution is 2.34. The molecule has 0 unspecified atom stereocenters. The van der Waals surface area contributed by atoms with Gasteiger partial charge >= 0.3 is 0 Å². The first kappa shape index (κ1) is 17.4. The lowest BCUT2D eigenvalue weighted by Gasteiger charge is -2.46. The molecule has 3 heterocycles. The molecule has 5 nitrogen and oxygen atoms in total. The lowest BCUT2D eigenvalue weighted by Crippen LogP contribution is -2.60. The highest BCUT2D eigenvalue weighted by molar-refractivity contribution is 5.60. The van der Waals surface area contributed by atoms with Crippen LogP contribution in [0.25, 0.3) is 11.4 Å². The lowest BCUT2D eigenvalue weighted by molar-refractivity contribution is 0.170. The monoisotopic (exact) mass is 351 g/mol. The molecule has 1 aliphatic carbocycles. The summed E-state index contributed by atoms with van der Waals surface area (Å²) >= 11 is 0. The molecule has 2 aromatic rings. The van der Waals surface area contributed by atoms with E-state index < -0.39 is 0 Å². The van der Waals surface area contributed by atoms with Crippen molar-refractivity contribution in [3.8, 4) is 11.4 Å². The summed E-state index contributed by atoms with van der Waals surface area (Å²) < 4.78 is 0. The number of hydrogen-bond donors (Lipinski definition) is 2. The Morgan fingerprint density at radius 3 is 2.54 bits per heavy atom. The molecular weight excluding hydrogens is 322 g/mol. The van der Waals surface area contributed by atoms with Crippen molar-refractivity contribution in [2.24, 2.45) is 0 Å². The zero-order valence-corrected chi connectivity index (χ0v) is 16.3. The van der Waals surface area contributed by atoms with Gasteiger partial charge in [0, 0.05) is 46.3 Å². The molecule has 1 fully saturated rings. The quantitative estimate of drug-likeness (QED) is 0.882. The van der Waals surface area contributed by atoms with Crippen molar-refractivity contribution in [3.63, 3.8) is 0 Å². The number of fused-ring (bicyclic) bond motifs is 1. The Morgan fingerprint density at radius 1 is 1.08 bits per heavy atom. The summed E-state index contributed by atoms with van der Waals surface area (Å²) in [6.07, 6.45) is 9.07. The molecule has 4 rings (SSSR count). The second-order valence-electron chi connectivity index (χ2n) is 9.06. The van der Waals surface area contributed by atoms with Crippen molar-refractivity contribution >= 4 is 5.82 Å². The molecule has 0 radical (unpaired) electrons. The van der Waals surface area contributed by atoms with Gasteiger partial charge in [0.1, 0.15) is 5.82 Å². The van der Waals surface area contributed by atoms with Gasteiger partial charge in [-0.25, -0.2) is 9.97 Å². The predicted octanol–water partition coefficient (Wildman–Crippen LogP) is 3.75. The molecule has 0 saturated carbocycles. The zero-order valence-electron chi connectivity index (χ0n) is 16.3. The summed E-state index contributed by atoms with van der Waals surface area (Å²) in [6, 6.07) is 4.38. The fraction of sp³-hybridized carbons (Fsp3) is 0.571. The molecular formula is C21H29N5. The number of piperidine rings is 1. The molecule has 0 amide bonds. The number of hydrogen-bond acceptors (Lipinski definition) is 5. The van der Waals surface area contributed by atoms with E-state index in [2.05, 4.69) is 43.3 Å². The topological polar surface area (TPSA) is 62.7 Å². The maximum Gasteiger partial charge on any atom is 0.163 e. The van der Waals surface area contributed by atoms with Gasteiger partial charge < -0.3 is 10.6 Å². The molecule has 2 N–H and O–H groups in total. The van der Waals surface area contributed by atoms with E-state index in [1.165, 1.54) is 17.7 Å². The largest absolute Gasteiger partial charge is 0.367 e. The van der Waals surface area contributed by atoms with E-state index in [4.69, 9.17) is 9.97 Å². The molecule has 5 heteroatoms. The molecule has 26 heavy (non-hydrogen) atoms. The molecule has 1 saturated heterocycles. The first-order valence-corrected chi connectivity index (χ1v) is 9.67. The van der Waals surface area contributed by atoms with Crippen LogP contribution < -0.4 is 10.6 Å². The van der Waals surface area contributed by atoms with Crippen LogP contribution in [0.4, 0.5) is 5.82 Å². The van der Waals surface area contributed by atoms with E-state index in [9.17, 15) is 0 Å². The van der Waals surface area contributed by atoms with E-state index in [1.807, 2.05) is 18.3 Å². The highest BCUT2D eigenvalue weighted by atomic mass is 15.1. The minimum atomic E-state index is 0.113. The Morgan fingerprint density at radius 2 is 1.85 bits per heavy atom. The van der Waals surface area contributed by atoms with Gasteiger partial charge in [0.05, 0.1) is 0 Å².